The van der Waals surface area contributed by atoms with Crippen molar-refractivity contribution >= 4 is 29.3 Å². The Labute approximate surface area is 117 Å². The van der Waals surface area contributed by atoms with Crippen molar-refractivity contribution in [3.63, 3.8) is 0 Å². The van der Waals surface area contributed by atoms with E-state index in [1.54, 1.807) is 13.1 Å². The van der Waals surface area contributed by atoms with Crippen molar-refractivity contribution < 1.29 is 14.3 Å². The molecule has 0 aliphatic carbocycles. The minimum Gasteiger partial charge on any atom is -0.481 e. The molecule has 1 aromatic carbocycles. The van der Waals surface area contributed by atoms with Gasteiger partial charge in [0.25, 0.3) is 0 Å². The van der Waals surface area contributed by atoms with Crippen molar-refractivity contribution in [3.05, 3.63) is 29.0 Å². The molecule has 0 atom stereocenters. The average molecular weight is 302 g/mol. The molecule has 19 heavy (non-hydrogen) atoms. The molecular formula is C11H9ClFN3O2S. The summed E-state index contributed by atoms with van der Waals surface area (Å²) in [6, 6.07) is 4.33. The Hall–Kier alpha value is -1.60. The summed E-state index contributed by atoms with van der Waals surface area (Å²) in [6.07, 6.45) is 0. The average Bonchev–Trinajstić information content (AvgIpc) is 2.68. The maximum atomic E-state index is 13.8. The van der Waals surface area contributed by atoms with E-state index < -0.39 is 11.8 Å². The van der Waals surface area contributed by atoms with Crippen molar-refractivity contribution in [2.75, 3.05) is 5.75 Å². The van der Waals surface area contributed by atoms with Crippen LogP contribution in [0.4, 0.5) is 4.39 Å². The van der Waals surface area contributed by atoms with Gasteiger partial charge in [0.05, 0.1) is 16.3 Å². The molecule has 5 nitrogen and oxygen atoms in total. The van der Waals surface area contributed by atoms with Crippen LogP contribution in [0.25, 0.3) is 11.4 Å². The molecule has 0 amide bonds. The summed E-state index contributed by atoms with van der Waals surface area (Å²) in [5, 5.41) is 16.9. The molecule has 2 rings (SSSR count). The van der Waals surface area contributed by atoms with Crippen LogP contribution in [-0.2, 0) is 11.8 Å². The van der Waals surface area contributed by atoms with E-state index in [1.165, 1.54) is 16.7 Å². The number of nitrogens with zero attached hydrogens (tertiary/aromatic N) is 3. The molecule has 0 saturated heterocycles. The van der Waals surface area contributed by atoms with E-state index in [2.05, 4.69) is 10.2 Å². The van der Waals surface area contributed by atoms with E-state index in [-0.39, 0.29) is 22.2 Å². The summed E-state index contributed by atoms with van der Waals surface area (Å²) in [7, 11) is 1.63. The van der Waals surface area contributed by atoms with Gasteiger partial charge in [-0.25, -0.2) is 4.39 Å². The molecule has 1 aromatic heterocycles. The third kappa shape index (κ3) is 2.87. The molecule has 1 heterocycles. The summed E-state index contributed by atoms with van der Waals surface area (Å²) >= 11 is 6.96. The first kappa shape index (κ1) is 13.8. The Morgan fingerprint density at radius 1 is 1.53 bits per heavy atom. The highest BCUT2D eigenvalue weighted by atomic mass is 35.5. The second kappa shape index (κ2) is 5.58. The number of hydrogen-bond donors (Lipinski definition) is 1. The molecule has 1 N–H and O–H groups in total. The zero-order valence-electron chi connectivity index (χ0n) is 9.80. The number of benzene rings is 1. The largest absolute Gasteiger partial charge is 0.481 e. The van der Waals surface area contributed by atoms with Gasteiger partial charge in [0, 0.05) is 7.05 Å². The van der Waals surface area contributed by atoms with Gasteiger partial charge >= 0.3 is 5.97 Å². The lowest BCUT2D eigenvalue weighted by Gasteiger charge is -2.05. The van der Waals surface area contributed by atoms with Crippen LogP contribution in [0.15, 0.2) is 23.4 Å². The Morgan fingerprint density at radius 2 is 2.26 bits per heavy atom. The predicted octanol–water partition coefficient (Wildman–Crippen LogP) is 2.45. The van der Waals surface area contributed by atoms with E-state index in [9.17, 15) is 9.18 Å². The zero-order valence-corrected chi connectivity index (χ0v) is 11.4. The summed E-state index contributed by atoms with van der Waals surface area (Å²) in [6.45, 7) is 0. The second-order valence-corrected chi connectivity index (χ2v) is 4.99. The van der Waals surface area contributed by atoms with Gasteiger partial charge in [0.2, 0.25) is 0 Å². The summed E-state index contributed by atoms with van der Waals surface area (Å²) in [4.78, 5) is 10.5. The van der Waals surface area contributed by atoms with Crippen LogP contribution >= 0.6 is 23.4 Å². The molecular weight excluding hydrogens is 293 g/mol. The molecule has 0 aliphatic rings. The predicted molar refractivity (Wildman–Crippen MR) is 69.8 cm³/mol. The summed E-state index contributed by atoms with van der Waals surface area (Å²) in [5.74, 6) is -1.34. The van der Waals surface area contributed by atoms with Gasteiger partial charge in [-0.05, 0) is 12.1 Å². The minimum absolute atomic E-state index is 0.142. The van der Waals surface area contributed by atoms with E-state index in [0.717, 1.165) is 11.8 Å². The van der Waals surface area contributed by atoms with Gasteiger partial charge in [0.1, 0.15) is 5.82 Å². The highest BCUT2D eigenvalue weighted by Crippen LogP contribution is 2.30. The molecule has 8 heteroatoms. The first-order valence-corrected chi connectivity index (χ1v) is 6.55. The monoisotopic (exact) mass is 301 g/mol. The fourth-order valence-electron chi connectivity index (χ4n) is 1.50. The number of halogens is 2. The van der Waals surface area contributed by atoms with Crippen molar-refractivity contribution in [1.82, 2.24) is 14.8 Å². The lowest BCUT2D eigenvalue weighted by atomic mass is 10.2. The number of aromatic nitrogens is 3. The van der Waals surface area contributed by atoms with Crippen LogP contribution in [0.2, 0.25) is 5.02 Å². The molecule has 0 unspecified atom stereocenters. The number of hydrogen-bond acceptors (Lipinski definition) is 4. The molecule has 0 fully saturated rings. The number of carboxylic acids is 1. The normalized spacial score (nSPS) is 10.7. The van der Waals surface area contributed by atoms with Gasteiger partial charge < -0.3 is 9.67 Å². The number of thioether (sulfide) groups is 1. The number of carboxylic acid groups (broad SMARTS) is 1. The van der Waals surface area contributed by atoms with Gasteiger partial charge in [-0.1, -0.05) is 29.4 Å². The first-order chi connectivity index (χ1) is 9.00. The highest BCUT2D eigenvalue weighted by molar-refractivity contribution is 7.99. The van der Waals surface area contributed by atoms with Crippen molar-refractivity contribution in [3.8, 4) is 11.4 Å². The standard InChI is InChI=1S/C11H9ClFN3O2S/c1-16-10(9-6(12)3-2-4-7(9)13)14-15-11(16)19-5-8(17)18/h2-4H,5H2,1H3,(H,17,18). The topological polar surface area (TPSA) is 68.0 Å². The van der Waals surface area contributed by atoms with Crippen LogP contribution in [0, 0.1) is 5.82 Å². The van der Waals surface area contributed by atoms with Gasteiger partial charge in [0.15, 0.2) is 11.0 Å². The Bertz CT molecular complexity index is 612. The van der Waals surface area contributed by atoms with E-state index in [0.29, 0.717) is 5.16 Å². The van der Waals surface area contributed by atoms with Crippen LogP contribution in [-0.4, -0.2) is 31.6 Å². The Morgan fingerprint density at radius 3 is 2.89 bits per heavy atom. The van der Waals surface area contributed by atoms with Gasteiger partial charge in [-0.3, -0.25) is 4.79 Å². The molecule has 0 aliphatic heterocycles. The third-order valence-electron chi connectivity index (χ3n) is 2.35. The van der Waals surface area contributed by atoms with Crippen LogP contribution in [0.3, 0.4) is 0 Å². The summed E-state index contributed by atoms with van der Waals surface area (Å²) in [5.41, 5.74) is 0.154. The molecule has 0 spiro atoms. The Balaban J connectivity index is 2.39. The van der Waals surface area contributed by atoms with Crippen molar-refractivity contribution in [1.29, 1.82) is 0 Å². The van der Waals surface area contributed by atoms with Crippen LogP contribution in [0.5, 0.6) is 0 Å². The number of carbonyl (C=O) groups is 1. The lowest BCUT2D eigenvalue weighted by Crippen LogP contribution is -2.01. The summed E-state index contributed by atoms with van der Waals surface area (Å²) < 4.78 is 15.3. The van der Waals surface area contributed by atoms with E-state index >= 15 is 0 Å². The second-order valence-electron chi connectivity index (χ2n) is 3.64. The SMILES string of the molecule is Cn1c(SCC(=O)O)nnc1-c1c(F)cccc1Cl. The van der Waals surface area contributed by atoms with E-state index in [4.69, 9.17) is 16.7 Å². The van der Waals surface area contributed by atoms with Crippen LogP contribution < -0.4 is 0 Å². The van der Waals surface area contributed by atoms with Crippen molar-refractivity contribution in [2.24, 2.45) is 7.05 Å². The van der Waals surface area contributed by atoms with Gasteiger partial charge in [-0.2, -0.15) is 0 Å². The van der Waals surface area contributed by atoms with E-state index in [1.807, 2.05) is 0 Å². The third-order valence-corrected chi connectivity index (χ3v) is 3.67. The highest BCUT2D eigenvalue weighted by Gasteiger charge is 2.18. The first-order valence-electron chi connectivity index (χ1n) is 5.19. The molecule has 0 bridgehead atoms. The quantitative estimate of drug-likeness (QED) is 0.879. The Kier molecular flexibility index (Phi) is 4.06. The minimum atomic E-state index is -0.960. The maximum Gasteiger partial charge on any atom is 0.313 e. The molecule has 0 radical (unpaired) electrons. The lowest BCUT2D eigenvalue weighted by molar-refractivity contribution is -0.133. The van der Waals surface area contributed by atoms with Crippen LogP contribution in [0.1, 0.15) is 0 Å². The fraction of sp³-hybridized carbons (Fsp3) is 0.182. The number of rotatable bonds is 4. The molecule has 0 saturated carbocycles. The zero-order chi connectivity index (χ0) is 14.0. The van der Waals surface area contributed by atoms with Gasteiger partial charge in [-0.15, -0.1) is 10.2 Å². The fourth-order valence-corrected chi connectivity index (χ4v) is 2.37. The molecule has 100 valence electrons. The molecule has 2 aromatic rings. The maximum absolute atomic E-state index is 13.8. The number of aliphatic carboxylic acids is 1. The smallest absolute Gasteiger partial charge is 0.313 e. The van der Waals surface area contributed by atoms with Crippen molar-refractivity contribution in [2.45, 2.75) is 5.16 Å².